The Hall–Kier alpha value is -3.21. The number of benzene rings is 2. The first-order chi connectivity index (χ1) is 11.3. The SMILES string of the molecule is O=C(/C=C/c1cn(Cc2ccccc2)nn1)Oc1ccccc1. The van der Waals surface area contributed by atoms with Gasteiger partial charge in [-0.3, -0.25) is 0 Å². The van der Waals surface area contributed by atoms with Crippen molar-refractivity contribution in [2.24, 2.45) is 0 Å². The molecule has 0 spiro atoms. The fourth-order valence-corrected chi connectivity index (χ4v) is 2.03. The van der Waals surface area contributed by atoms with Crippen LogP contribution in [0.5, 0.6) is 5.75 Å². The smallest absolute Gasteiger partial charge is 0.336 e. The molecule has 0 aliphatic heterocycles. The molecule has 0 radical (unpaired) electrons. The number of hydrogen-bond donors (Lipinski definition) is 0. The van der Waals surface area contributed by atoms with Crippen molar-refractivity contribution < 1.29 is 9.53 Å². The molecule has 1 aromatic heterocycles. The average Bonchev–Trinajstić information content (AvgIpc) is 3.02. The second-order valence-electron chi connectivity index (χ2n) is 4.89. The van der Waals surface area contributed by atoms with Crippen molar-refractivity contribution in [1.82, 2.24) is 15.0 Å². The molecule has 0 aliphatic carbocycles. The number of ether oxygens (including phenoxy) is 1. The highest BCUT2D eigenvalue weighted by Gasteiger charge is 2.02. The van der Waals surface area contributed by atoms with E-state index in [-0.39, 0.29) is 0 Å². The molecule has 0 N–H and O–H groups in total. The molecule has 0 aliphatic rings. The predicted octanol–water partition coefficient (Wildman–Crippen LogP) is 2.95. The molecule has 0 amide bonds. The summed E-state index contributed by atoms with van der Waals surface area (Å²) in [7, 11) is 0. The van der Waals surface area contributed by atoms with E-state index in [1.54, 1.807) is 29.1 Å². The van der Waals surface area contributed by atoms with E-state index in [0.717, 1.165) is 5.56 Å². The Labute approximate surface area is 133 Å². The second-order valence-corrected chi connectivity index (χ2v) is 4.89. The summed E-state index contributed by atoms with van der Waals surface area (Å²) < 4.78 is 6.88. The van der Waals surface area contributed by atoms with E-state index in [2.05, 4.69) is 10.3 Å². The van der Waals surface area contributed by atoms with Gasteiger partial charge in [-0.05, 0) is 23.8 Å². The molecule has 114 valence electrons. The van der Waals surface area contributed by atoms with E-state index in [9.17, 15) is 4.79 Å². The highest BCUT2D eigenvalue weighted by atomic mass is 16.5. The van der Waals surface area contributed by atoms with Crippen LogP contribution in [0.2, 0.25) is 0 Å². The molecular formula is C18H15N3O2. The Morgan fingerprint density at radius 1 is 1.04 bits per heavy atom. The molecule has 1 heterocycles. The fourth-order valence-electron chi connectivity index (χ4n) is 2.03. The number of rotatable bonds is 5. The summed E-state index contributed by atoms with van der Waals surface area (Å²) in [5.74, 6) is 0.0590. The minimum atomic E-state index is -0.450. The van der Waals surface area contributed by atoms with Gasteiger partial charge >= 0.3 is 5.97 Å². The standard InChI is InChI=1S/C18H15N3O2/c22-18(23-17-9-5-2-6-10-17)12-11-16-14-21(20-19-16)13-15-7-3-1-4-8-15/h1-12,14H,13H2/b12-11+. The Balaban J connectivity index is 1.59. The van der Waals surface area contributed by atoms with Crippen LogP contribution in [0.4, 0.5) is 0 Å². The van der Waals surface area contributed by atoms with Crippen LogP contribution in [-0.4, -0.2) is 21.0 Å². The van der Waals surface area contributed by atoms with Crippen molar-refractivity contribution in [2.45, 2.75) is 6.54 Å². The molecule has 0 unspecified atom stereocenters. The van der Waals surface area contributed by atoms with Gasteiger partial charge in [-0.15, -0.1) is 5.10 Å². The number of hydrogen-bond acceptors (Lipinski definition) is 4. The molecule has 2 aromatic carbocycles. The predicted molar refractivity (Wildman–Crippen MR) is 86.7 cm³/mol. The van der Waals surface area contributed by atoms with Crippen LogP contribution >= 0.6 is 0 Å². The van der Waals surface area contributed by atoms with Crippen LogP contribution in [0.25, 0.3) is 6.08 Å². The van der Waals surface area contributed by atoms with Gasteiger partial charge in [0.1, 0.15) is 11.4 Å². The van der Waals surface area contributed by atoms with Crippen LogP contribution in [0, 0.1) is 0 Å². The molecule has 0 atom stereocenters. The Bertz CT molecular complexity index is 795. The summed E-state index contributed by atoms with van der Waals surface area (Å²) in [6.45, 7) is 0.635. The minimum absolute atomic E-state index is 0.450. The van der Waals surface area contributed by atoms with Crippen LogP contribution in [0.1, 0.15) is 11.3 Å². The van der Waals surface area contributed by atoms with Gasteiger partial charge in [0.15, 0.2) is 0 Å². The average molecular weight is 305 g/mol. The zero-order chi connectivity index (χ0) is 15.9. The van der Waals surface area contributed by atoms with Crippen molar-refractivity contribution in [3.8, 4) is 5.75 Å². The number of nitrogens with zero attached hydrogens (tertiary/aromatic N) is 3. The van der Waals surface area contributed by atoms with E-state index in [4.69, 9.17) is 4.74 Å². The molecular weight excluding hydrogens is 290 g/mol. The number of aromatic nitrogens is 3. The van der Waals surface area contributed by atoms with E-state index in [1.165, 1.54) is 6.08 Å². The first-order valence-electron chi connectivity index (χ1n) is 7.18. The monoisotopic (exact) mass is 305 g/mol. The summed E-state index contributed by atoms with van der Waals surface area (Å²) in [5, 5.41) is 8.05. The molecule has 3 rings (SSSR count). The van der Waals surface area contributed by atoms with Gasteiger partial charge in [0.05, 0.1) is 12.7 Å². The van der Waals surface area contributed by atoms with Crippen LogP contribution < -0.4 is 4.74 Å². The fraction of sp³-hybridized carbons (Fsp3) is 0.0556. The summed E-state index contributed by atoms with van der Waals surface area (Å²) in [6.07, 6.45) is 4.70. The highest BCUT2D eigenvalue weighted by molar-refractivity contribution is 5.88. The maximum Gasteiger partial charge on any atom is 0.336 e. The molecule has 0 saturated heterocycles. The van der Waals surface area contributed by atoms with E-state index >= 15 is 0 Å². The molecule has 3 aromatic rings. The third-order valence-corrected chi connectivity index (χ3v) is 3.10. The van der Waals surface area contributed by atoms with Gasteiger partial charge in [-0.2, -0.15) is 0 Å². The third kappa shape index (κ3) is 4.38. The van der Waals surface area contributed by atoms with Gasteiger partial charge in [-0.25, -0.2) is 9.48 Å². The molecule has 5 heteroatoms. The molecule has 0 fully saturated rings. The van der Waals surface area contributed by atoms with Crippen molar-refractivity contribution in [3.05, 3.63) is 84.2 Å². The summed E-state index contributed by atoms with van der Waals surface area (Å²) in [4.78, 5) is 11.7. The van der Waals surface area contributed by atoms with Crippen molar-refractivity contribution >= 4 is 12.0 Å². The lowest BCUT2D eigenvalue weighted by molar-refractivity contribution is -0.128. The molecule has 23 heavy (non-hydrogen) atoms. The molecule has 0 bridgehead atoms. The quantitative estimate of drug-likeness (QED) is 0.413. The maximum atomic E-state index is 11.7. The van der Waals surface area contributed by atoms with E-state index in [1.807, 2.05) is 48.5 Å². The van der Waals surface area contributed by atoms with Crippen molar-refractivity contribution in [1.29, 1.82) is 0 Å². The highest BCUT2D eigenvalue weighted by Crippen LogP contribution is 2.09. The van der Waals surface area contributed by atoms with E-state index in [0.29, 0.717) is 18.0 Å². The summed E-state index contributed by atoms with van der Waals surface area (Å²) in [6, 6.07) is 18.9. The van der Waals surface area contributed by atoms with Gasteiger partial charge < -0.3 is 4.74 Å². The lowest BCUT2D eigenvalue weighted by Crippen LogP contribution is -2.03. The van der Waals surface area contributed by atoms with Gasteiger partial charge in [0, 0.05) is 6.08 Å². The number of carbonyl (C=O) groups is 1. The van der Waals surface area contributed by atoms with E-state index < -0.39 is 5.97 Å². The van der Waals surface area contributed by atoms with Crippen molar-refractivity contribution in [3.63, 3.8) is 0 Å². The summed E-state index contributed by atoms with van der Waals surface area (Å²) in [5.41, 5.74) is 1.74. The van der Waals surface area contributed by atoms with Crippen LogP contribution in [0.3, 0.4) is 0 Å². The van der Waals surface area contributed by atoms with Gasteiger partial charge in [-0.1, -0.05) is 53.7 Å². The normalized spacial score (nSPS) is 10.8. The summed E-state index contributed by atoms with van der Waals surface area (Å²) >= 11 is 0. The number of para-hydroxylation sites is 1. The van der Waals surface area contributed by atoms with Crippen LogP contribution in [0.15, 0.2) is 72.9 Å². The lowest BCUT2D eigenvalue weighted by atomic mass is 10.2. The topological polar surface area (TPSA) is 57.0 Å². The minimum Gasteiger partial charge on any atom is -0.423 e. The number of esters is 1. The van der Waals surface area contributed by atoms with Gasteiger partial charge in [0.25, 0.3) is 0 Å². The third-order valence-electron chi connectivity index (χ3n) is 3.10. The second kappa shape index (κ2) is 7.17. The zero-order valence-electron chi connectivity index (χ0n) is 12.4. The first-order valence-corrected chi connectivity index (χ1v) is 7.18. The lowest BCUT2D eigenvalue weighted by Gasteiger charge is -1.99. The Morgan fingerprint density at radius 3 is 2.48 bits per heavy atom. The molecule has 5 nitrogen and oxygen atoms in total. The molecule has 0 saturated carbocycles. The largest absolute Gasteiger partial charge is 0.423 e. The van der Waals surface area contributed by atoms with Crippen LogP contribution in [-0.2, 0) is 11.3 Å². The maximum absolute atomic E-state index is 11.7. The Kier molecular flexibility index (Phi) is 4.59. The number of carbonyl (C=O) groups excluding carboxylic acids is 1. The first kappa shape index (κ1) is 14.7. The zero-order valence-corrected chi connectivity index (χ0v) is 12.4. The van der Waals surface area contributed by atoms with Crippen molar-refractivity contribution in [2.75, 3.05) is 0 Å². The Morgan fingerprint density at radius 2 is 1.74 bits per heavy atom. The van der Waals surface area contributed by atoms with Gasteiger partial charge in [0.2, 0.25) is 0 Å².